The number of hydrogen-bond donors (Lipinski definition) is 1. The molecule has 6 nitrogen and oxygen atoms in total. The summed E-state index contributed by atoms with van der Waals surface area (Å²) in [6, 6.07) is 6.07. The smallest absolute Gasteiger partial charge is 0.265 e. The number of anilines is 1. The molecule has 1 aliphatic carbocycles. The van der Waals surface area contributed by atoms with Crippen LogP contribution in [0.25, 0.3) is 0 Å². The predicted octanol–water partition coefficient (Wildman–Crippen LogP) is 1.81. The Morgan fingerprint density at radius 1 is 1.24 bits per heavy atom. The van der Waals surface area contributed by atoms with Crippen LogP contribution in [0, 0.1) is 0 Å². The van der Waals surface area contributed by atoms with Gasteiger partial charge < -0.3 is 15.0 Å². The van der Waals surface area contributed by atoms with Crippen molar-refractivity contribution in [3.05, 3.63) is 23.2 Å². The number of piperidine rings is 1. The van der Waals surface area contributed by atoms with Crippen LogP contribution >= 0.6 is 11.6 Å². The summed E-state index contributed by atoms with van der Waals surface area (Å²) >= 11 is 6.03. The maximum absolute atomic E-state index is 12.5. The van der Waals surface area contributed by atoms with E-state index in [0.29, 0.717) is 16.5 Å². The lowest BCUT2D eigenvalue weighted by Crippen LogP contribution is -2.50. The molecule has 1 N–H and O–H groups in total. The number of likely N-dealkylation sites (tertiary alicyclic amines) is 1. The van der Waals surface area contributed by atoms with Gasteiger partial charge in [0.15, 0.2) is 6.61 Å². The largest absolute Gasteiger partial charge is 0.482 e. The van der Waals surface area contributed by atoms with E-state index in [2.05, 4.69) is 10.2 Å². The summed E-state index contributed by atoms with van der Waals surface area (Å²) in [5.41, 5.74) is 0.558. The van der Waals surface area contributed by atoms with E-state index in [0.717, 1.165) is 32.0 Å². The fourth-order valence-corrected chi connectivity index (χ4v) is 3.78. The van der Waals surface area contributed by atoms with Crippen LogP contribution in [0.4, 0.5) is 5.69 Å². The molecule has 2 heterocycles. The summed E-state index contributed by atoms with van der Waals surface area (Å²) in [6.07, 6.45) is 4.58. The molecule has 1 aromatic rings. The third-order valence-corrected chi connectivity index (χ3v) is 5.36. The molecule has 0 aromatic heterocycles. The molecule has 3 aliphatic rings. The van der Waals surface area contributed by atoms with Gasteiger partial charge in [-0.3, -0.25) is 14.5 Å². The van der Waals surface area contributed by atoms with Gasteiger partial charge in [0.1, 0.15) is 12.3 Å². The second kappa shape index (κ2) is 6.84. The van der Waals surface area contributed by atoms with Crippen molar-refractivity contribution in [1.82, 2.24) is 10.2 Å². The number of hydrogen-bond acceptors (Lipinski definition) is 4. The number of carbonyl (C=O) groups excluding carboxylic acids is 2. The number of ether oxygens (including phenoxy) is 1. The van der Waals surface area contributed by atoms with E-state index in [-0.39, 0.29) is 31.0 Å². The van der Waals surface area contributed by atoms with Gasteiger partial charge >= 0.3 is 0 Å². The van der Waals surface area contributed by atoms with E-state index in [1.807, 2.05) is 0 Å². The van der Waals surface area contributed by atoms with Crippen LogP contribution in [0.5, 0.6) is 5.75 Å². The third-order valence-electron chi connectivity index (χ3n) is 5.12. The molecule has 0 unspecified atom stereocenters. The first-order valence-corrected chi connectivity index (χ1v) is 9.24. The van der Waals surface area contributed by atoms with Crippen molar-refractivity contribution in [3.63, 3.8) is 0 Å². The Kier molecular flexibility index (Phi) is 4.56. The van der Waals surface area contributed by atoms with E-state index in [1.165, 1.54) is 17.7 Å². The number of fused-ring (bicyclic) bond motifs is 1. The van der Waals surface area contributed by atoms with E-state index in [4.69, 9.17) is 16.3 Å². The van der Waals surface area contributed by atoms with Crippen molar-refractivity contribution < 1.29 is 14.3 Å². The van der Waals surface area contributed by atoms with Gasteiger partial charge in [-0.1, -0.05) is 11.6 Å². The van der Waals surface area contributed by atoms with E-state index in [1.54, 1.807) is 18.2 Å². The van der Waals surface area contributed by atoms with Crippen LogP contribution < -0.4 is 15.0 Å². The molecule has 1 saturated carbocycles. The number of rotatable bonds is 4. The molecule has 0 bridgehead atoms. The van der Waals surface area contributed by atoms with Crippen molar-refractivity contribution in [3.8, 4) is 5.75 Å². The van der Waals surface area contributed by atoms with Gasteiger partial charge in [-0.2, -0.15) is 0 Å². The first-order chi connectivity index (χ1) is 12.1. The van der Waals surface area contributed by atoms with Gasteiger partial charge in [0, 0.05) is 30.2 Å². The molecule has 2 fully saturated rings. The second-order valence-electron chi connectivity index (χ2n) is 6.99. The maximum atomic E-state index is 12.5. The van der Waals surface area contributed by atoms with Crippen LogP contribution in [0.2, 0.25) is 5.02 Å². The molecule has 0 atom stereocenters. The summed E-state index contributed by atoms with van der Waals surface area (Å²) in [5, 5.41) is 3.59. The van der Waals surface area contributed by atoms with Crippen LogP contribution in [-0.4, -0.2) is 55.0 Å². The predicted molar refractivity (Wildman–Crippen MR) is 95.1 cm³/mol. The minimum atomic E-state index is -0.228. The SMILES string of the molecule is O=C(CN1C(=O)COc2ccc(Cl)cc21)NC1CCN(C2CC2)CC1. The van der Waals surface area contributed by atoms with Crippen molar-refractivity contribution in [2.45, 2.75) is 37.8 Å². The summed E-state index contributed by atoms with van der Waals surface area (Å²) in [5.74, 6) is 0.217. The summed E-state index contributed by atoms with van der Waals surface area (Å²) in [7, 11) is 0. The first kappa shape index (κ1) is 16.7. The Balaban J connectivity index is 1.36. The minimum absolute atomic E-state index is 0.00161. The lowest BCUT2D eigenvalue weighted by atomic mass is 10.0. The number of carbonyl (C=O) groups is 2. The number of nitrogens with zero attached hydrogens (tertiary/aromatic N) is 2. The number of halogens is 1. The van der Waals surface area contributed by atoms with E-state index < -0.39 is 0 Å². The van der Waals surface area contributed by atoms with Crippen LogP contribution in [0.15, 0.2) is 18.2 Å². The normalized spacial score (nSPS) is 21.6. The highest BCUT2D eigenvalue weighted by Gasteiger charge is 2.33. The highest BCUT2D eigenvalue weighted by atomic mass is 35.5. The lowest BCUT2D eigenvalue weighted by molar-refractivity contribution is -0.125. The monoisotopic (exact) mass is 363 g/mol. The average molecular weight is 364 g/mol. The quantitative estimate of drug-likeness (QED) is 0.886. The highest BCUT2D eigenvalue weighted by molar-refractivity contribution is 6.31. The summed E-state index contributed by atoms with van der Waals surface area (Å²) in [4.78, 5) is 28.6. The van der Waals surface area contributed by atoms with Crippen molar-refractivity contribution in [1.29, 1.82) is 0 Å². The van der Waals surface area contributed by atoms with Crippen molar-refractivity contribution in [2.24, 2.45) is 0 Å². The second-order valence-corrected chi connectivity index (χ2v) is 7.43. The number of benzene rings is 1. The minimum Gasteiger partial charge on any atom is -0.482 e. The van der Waals surface area contributed by atoms with Crippen molar-refractivity contribution >= 4 is 29.1 Å². The molecular weight excluding hydrogens is 342 g/mol. The zero-order valence-corrected chi connectivity index (χ0v) is 14.8. The van der Waals surface area contributed by atoms with Gasteiger partial charge in [-0.05, 0) is 43.9 Å². The van der Waals surface area contributed by atoms with E-state index in [9.17, 15) is 9.59 Å². The first-order valence-electron chi connectivity index (χ1n) is 8.86. The van der Waals surface area contributed by atoms with Crippen LogP contribution in [0.1, 0.15) is 25.7 Å². The zero-order chi connectivity index (χ0) is 17.4. The van der Waals surface area contributed by atoms with Gasteiger partial charge in [-0.15, -0.1) is 0 Å². The molecule has 134 valence electrons. The van der Waals surface area contributed by atoms with Crippen LogP contribution in [-0.2, 0) is 9.59 Å². The average Bonchev–Trinajstić information content (AvgIpc) is 3.43. The van der Waals surface area contributed by atoms with E-state index >= 15 is 0 Å². The molecule has 0 spiro atoms. The van der Waals surface area contributed by atoms with Crippen molar-refractivity contribution in [2.75, 3.05) is 31.1 Å². The van der Waals surface area contributed by atoms with Gasteiger partial charge in [0.25, 0.3) is 5.91 Å². The highest BCUT2D eigenvalue weighted by Crippen LogP contribution is 2.34. The molecule has 4 rings (SSSR count). The number of nitrogens with one attached hydrogen (secondary N) is 1. The van der Waals surface area contributed by atoms with Gasteiger partial charge in [0.05, 0.1) is 5.69 Å². The molecule has 2 amide bonds. The molecule has 25 heavy (non-hydrogen) atoms. The topological polar surface area (TPSA) is 61.9 Å². The Morgan fingerprint density at radius 2 is 2.00 bits per heavy atom. The Labute approximate surface area is 152 Å². The Hall–Kier alpha value is -1.79. The Bertz CT molecular complexity index is 684. The molecule has 0 radical (unpaired) electrons. The maximum Gasteiger partial charge on any atom is 0.265 e. The fourth-order valence-electron chi connectivity index (χ4n) is 3.61. The van der Waals surface area contributed by atoms with Crippen LogP contribution in [0.3, 0.4) is 0 Å². The summed E-state index contributed by atoms with van der Waals surface area (Å²) < 4.78 is 5.41. The molecule has 7 heteroatoms. The van der Waals surface area contributed by atoms with Gasteiger partial charge in [-0.25, -0.2) is 0 Å². The molecule has 1 aromatic carbocycles. The molecule has 2 aliphatic heterocycles. The standard InChI is InChI=1S/C18H22ClN3O3/c19-12-1-4-16-15(9-12)22(18(24)11-25-16)10-17(23)20-13-5-7-21(8-6-13)14-2-3-14/h1,4,9,13-14H,2-3,5-8,10-11H2,(H,20,23). The number of amides is 2. The fraction of sp³-hybridized carbons (Fsp3) is 0.556. The zero-order valence-electron chi connectivity index (χ0n) is 14.0. The van der Waals surface area contributed by atoms with Gasteiger partial charge in [0.2, 0.25) is 5.91 Å². The Morgan fingerprint density at radius 3 is 2.72 bits per heavy atom. The molecule has 1 saturated heterocycles. The third kappa shape index (κ3) is 3.75. The lowest BCUT2D eigenvalue weighted by Gasteiger charge is -2.33. The summed E-state index contributed by atoms with van der Waals surface area (Å²) in [6.45, 7) is 2.04. The molecular formula is C18H22ClN3O3.